The van der Waals surface area contributed by atoms with Crippen LogP contribution in [0.15, 0.2) is 9.99 Å². The van der Waals surface area contributed by atoms with E-state index in [1.165, 1.54) is 5.57 Å². The second-order valence-electron chi connectivity index (χ2n) is 2.98. The van der Waals surface area contributed by atoms with E-state index in [2.05, 4.69) is 10.2 Å². The molecule has 0 aromatic carbocycles. The Morgan fingerprint density at radius 2 is 1.92 bits per heavy atom. The molecule has 12 heavy (non-hydrogen) atoms. The monoisotopic (exact) mass is 166 g/mol. The third-order valence-corrected chi connectivity index (χ3v) is 1.84. The lowest BCUT2D eigenvalue weighted by Crippen LogP contribution is -1.81. The molecule has 0 N–H and O–H groups in total. The minimum Gasteiger partial charge on any atom is -0.421 e. The maximum absolute atomic E-state index is 5.38. The molecule has 0 saturated heterocycles. The van der Waals surface area contributed by atoms with Crippen molar-refractivity contribution in [3.63, 3.8) is 0 Å². The summed E-state index contributed by atoms with van der Waals surface area (Å²) in [5, 5.41) is 7.82. The first-order valence-corrected chi connectivity index (χ1v) is 4.12. The Labute approximate surface area is 72.5 Å². The number of rotatable bonds is 2. The number of hydrogen-bond acceptors (Lipinski definition) is 3. The van der Waals surface area contributed by atoms with Crippen molar-refractivity contribution in [2.75, 3.05) is 0 Å². The summed E-state index contributed by atoms with van der Waals surface area (Å²) in [6, 6.07) is 0. The van der Waals surface area contributed by atoms with Crippen molar-refractivity contribution >= 4 is 5.57 Å². The molecule has 0 unspecified atom stereocenters. The van der Waals surface area contributed by atoms with Crippen LogP contribution < -0.4 is 0 Å². The summed E-state index contributed by atoms with van der Waals surface area (Å²) in [4.78, 5) is 0. The largest absolute Gasteiger partial charge is 0.421 e. The fraction of sp³-hybridized carbons (Fsp3) is 0.556. The summed E-state index contributed by atoms with van der Waals surface area (Å²) in [6.07, 6.45) is 0.795. The molecule has 0 fully saturated rings. The van der Waals surface area contributed by atoms with Crippen LogP contribution >= 0.6 is 0 Å². The molecule has 0 spiro atoms. The van der Waals surface area contributed by atoms with E-state index >= 15 is 0 Å². The van der Waals surface area contributed by atoms with Crippen LogP contribution in [-0.4, -0.2) is 10.2 Å². The fourth-order valence-electron chi connectivity index (χ4n) is 0.762. The van der Waals surface area contributed by atoms with Crippen molar-refractivity contribution in [3.8, 4) is 0 Å². The van der Waals surface area contributed by atoms with Crippen molar-refractivity contribution in [2.24, 2.45) is 0 Å². The lowest BCUT2D eigenvalue weighted by atomic mass is 10.2. The van der Waals surface area contributed by atoms with Crippen molar-refractivity contribution in [1.82, 2.24) is 10.2 Å². The van der Waals surface area contributed by atoms with Crippen LogP contribution in [0.1, 0.15) is 39.5 Å². The fourth-order valence-corrected chi connectivity index (χ4v) is 0.762. The lowest BCUT2D eigenvalue weighted by Gasteiger charge is -1.95. The second-order valence-corrected chi connectivity index (χ2v) is 2.98. The molecule has 0 aliphatic heterocycles. The van der Waals surface area contributed by atoms with Crippen molar-refractivity contribution in [2.45, 2.75) is 34.1 Å². The van der Waals surface area contributed by atoms with Crippen molar-refractivity contribution in [3.05, 3.63) is 17.4 Å². The van der Waals surface area contributed by atoms with Gasteiger partial charge >= 0.3 is 0 Å². The average Bonchev–Trinajstić information content (AvgIpc) is 2.50. The Morgan fingerprint density at radius 3 is 2.33 bits per heavy atom. The van der Waals surface area contributed by atoms with E-state index in [1.54, 1.807) is 0 Å². The van der Waals surface area contributed by atoms with Crippen molar-refractivity contribution < 1.29 is 4.42 Å². The van der Waals surface area contributed by atoms with E-state index in [9.17, 15) is 0 Å². The molecule has 0 saturated carbocycles. The summed E-state index contributed by atoms with van der Waals surface area (Å²) in [6.45, 7) is 8.05. The zero-order valence-electron chi connectivity index (χ0n) is 8.01. The Balaban J connectivity index is 2.97. The van der Waals surface area contributed by atoms with Gasteiger partial charge < -0.3 is 4.42 Å². The number of hydrogen-bond donors (Lipinski definition) is 0. The summed E-state index contributed by atoms with van der Waals surface area (Å²) < 4.78 is 5.38. The molecular formula is C9H14N2O. The summed E-state index contributed by atoms with van der Waals surface area (Å²) in [5.74, 6) is 1.34. The average molecular weight is 166 g/mol. The first kappa shape index (κ1) is 8.97. The van der Waals surface area contributed by atoms with E-state index < -0.39 is 0 Å². The van der Waals surface area contributed by atoms with Crippen LogP contribution in [-0.2, 0) is 6.42 Å². The number of allylic oxidation sites excluding steroid dienone is 2. The molecule has 1 heterocycles. The van der Waals surface area contributed by atoms with E-state index in [4.69, 9.17) is 4.42 Å². The highest BCUT2D eigenvalue weighted by molar-refractivity contribution is 5.58. The molecule has 0 radical (unpaired) electrons. The van der Waals surface area contributed by atoms with Crippen LogP contribution in [0.5, 0.6) is 0 Å². The van der Waals surface area contributed by atoms with Gasteiger partial charge in [0.1, 0.15) is 0 Å². The summed E-state index contributed by atoms with van der Waals surface area (Å²) >= 11 is 0. The third-order valence-electron chi connectivity index (χ3n) is 1.84. The SMILES string of the molecule is CCc1nnc(C(C)=C(C)C)o1. The third kappa shape index (κ3) is 1.72. The van der Waals surface area contributed by atoms with Gasteiger partial charge in [-0.15, -0.1) is 10.2 Å². The Kier molecular flexibility index (Phi) is 2.63. The van der Waals surface area contributed by atoms with E-state index in [0.717, 1.165) is 12.0 Å². The first-order chi connectivity index (χ1) is 5.65. The van der Waals surface area contributed by atoms with Crippen molar-refractivity contribution in [1.29, 1.82) is 0 Å². The van der Waals surface area contributed by atoms with Gasteiger partial charge in [-0.2, -0.15) is 0 Å². The maximum Gasteiger partial charge on any atom is 0.243 e. The molecule has 66 valence electrons. The highest BCUT2D eigenvalue weighted by atomic mass is 16.4. The lowest BCUT2D eigenvalue weighted by molar-refractivity contribution is 0.488. The predicted molar refractivity (Wildman–Crippen MR) is 47.6 cm³/mol. The normalized spacial score (nSPS) is 10.0. The predicted octanol–water partition coefficient (Wildman–Crippen LogP) is 2.45. The number of aryl methyl sites for hydroxylation is 1. The van der Waals surface area contributed by atoms with Gasteiger partial charge in [0.25, 0.3) is 0 Å². The molecular weight excluding hydrogens is 152 g/mol. The molecule has 0 aliphatic rings. The number of aromatic nitrogens is 2. The van der Waals surface area contributed by atoms with Gasteiger partial charge in [0.05, 0.1) is 0 Å². The molecule has 1 rings (SSSR count). The summed E-state index contributed by atoms with van der Waals surface area (Å²) in [7, 11) is 0. The molecule has 0 aliphatic carbocycles. The highest BCUT2D eigenvalue weighted by Gasteiger charge is 2.06. The Morgan fingerprint density at radius 1 is 1.25 bits per heavy atom. The molecule has 1 aromatic rings. The first-order valence-electron chi connectivity index (χ1n) is 4.12. The van der Waals surface area contributed by atoms with Gasteiger partial charge in [-0.25, -0.2) is 0 Å². The topological polar surface area (TPSA) is 38.9 Å². The molecule has 1 aromatic heterocycles. The second kappa shape index (κ2) is 3.52. The maximum atomic E-state index is 5.38. The quantitative estimate of drug-likeness (QED) is 0.677. The van der Waals surface area contributed by atoms with Gasteiger partial charge in [0.15, 0.2) is 0 Å². The smallest absolute Gasteiger partial charge is 0.243 e. The van der Waals surface area contributed by atoms with Crippen LogP contribution in [0.2, 0.25) is 0 Å². The molecule has 0 bridgehead atoms. The van der Waals surface area contributed by atoms with Crippen LogP contribution in [0.25, 0.3) is 5.57 Å². The Hall–Kier alpha value is -1.12. The van der Waals surface area contributed by atoms with Gasteiger partial charge in [0, 0.05) is 12.0 Å². The minimum atomic E-state index is 0.645. The zero-order chi connectivity index (χ0) is 9.14. The van der Waals surface area contributed by atoms with E-state index in [1.807, 2.05) is 27.7 Å². The summed E-state index contributed by atoms with van der Waals surface area (Å²) in [5.41, 5.74) is 2.28. The minimum absolute atomic E-state index is 0.645. The van der Waals surface area contributed by atoms with E-state index in [-0.39, 0.29) is 0 Å². The van der Waals surface area contributed by atoms with Gasteiger partial charge in [-0.1, -0.05) is 12.5 Å². The Bertz CT molecular complexity index is 295. The van der Waals surface area contributed by atoms with Gasteiger partial charge in [-0.05, 0) is 20.8 Å². The zero-order valence-corrected chi connectivity index (χ0v) is 8.01. The molecule has 3 heteroatoms. The molecule has 3 nitrogen and oxygen atoms in total. The van der Waals surface area contributed by atoms with Gasteiger partial charge in [-0.3, -0.25) is 0 Å². The molecule has 0 amide bonds. The van der Waals surface area contributed by atoms with E-state index in [0.29, 0.717) is 11.8 Å². The number of nitrogens with zero attached hydrogens (tertiary/aromatic N) is 2. The highest BCUT2D eigenvalue weighted by Crippen LogP contribution is 2.15. The standard InChI is InChI=1S/C9H14N2O/c1-5-8-10-11-9(12-8)7(4)6(2)3/h5H2,1-4H3. The van der Waals surface area contributed by atoms with Crippen LogP contribution in [0, 0.1) is 0 Å². The van der Waals surface area contributed by atoms with Gasteiger partial charge in [0.2, 0.25) is 11.8 Å². The van der Waals surface area contributed by atoms with Crippen LogP contribution in [0.3, 0.4) is 0 Å². The van der Waals surface area contributed by atoms with Crippen LogP contribution in [0.4, 0.5) is 0 Å². The molecule has 0 atom stereocenters.